The fourth-order valence-corrected chi connectivity index (χ4v) is 4.98. The Morgan fingerprint density at radius 1 is 0.711 bits per heavy atom. The molecule has 0 aromatic heterocycles. The van der Waals surface area contributed by atoms with E-state index in [0.29, 0.717) is 24.3 Å². The maximum atomic E-state index is 13.0. The highest BCUT2D eigenvalue weighted by Crippen LogP contribution is 2.36. The molecule has 0 aliphatic heterocycles. The van der Waals surface area contributed by atoms with E-state index in [-0.39, 0.29) is 24.0 Å². The lowest BCUT2D eigenvalue weighted by Gasteiger charge is -2.25. The van der Waals surface area contributed by atoms with Crippen LogP contribution in [0.2, 0.25) is 0 Å². The Bertz CT molecular complexity index is 1120. The topological polar surface area (TPSA) is 76.0 Å². The fourth-order valence-electron chi connectivity index (χ4n) is 3.76. The normalized spacial score (nSPS) is 13.6. The molecule has 208 valence electrons. The Kier molecular flexibility index (Phi) is 11.9. The Labute approximate surface area is 255 Å². The summed E-state index contributed by atoms with van der Waals surface area (Å²) in [7, 11) is 0. The largest absolute Gasteiger partial charge is 0.519 e. The van der Waals surface area contributed by atoms with Gasteiger partial charge in [-0.05, 0) is 111 Å². The lowest BCUT2D eigenvalue weighted by molar-refractivity contribution is 0.150. The molecule has 0 saturated heterocycles. The van der Waals surface area contributed by atoms with Crippen LogP contribution < -0.4 is 9.47 Å². The predicted octanol–water partition coefficient (Wildman–Crippen LogP) is 8.35. The van der Waals surface area contributed by atoms with E-state index in [1.165, 1.54) is 0 Å². The third-order valence-corrected chi connectivity index (χ3v) is 8.81. The summed E-state index contributed by atoms with van der Waals surface area (Å²) in [5, 5.41) is 18.9. The van der Waals surface area contributed by atoms with Gasteiger partial charge in [0.15, 0.2) is 0 Å². The van der Waals surface area contributed by atoms with Crippen molar-refractivity contribution in [2.24, 2.45) is 0 Å². The molecule has 0 amide bonds. The number of benzene rings is 2. The number of carbonyl (C=O) groups excluding carboxylic acids is 1. The highest BCUT2D eigenvalue weighted by atomic mass is 127. The van der Waals surface area contributed by atoms with Crippen LogP contribution in [-0.4, -0.2) is 29.6 Å². The van der Waals surface area contributed by atoms with Gasteiger partial charge in [0, 0.05) is 24.0 Å². The third-order valence-electron chi connectivity index (χ3n) is 6.21. The summed E-state index contributed by atoms with van der Waals surface area (Å²) in [6.07, 6.45) is 0.625. The summed E-state index contributed by atoms with van der Waals surface area (Å²) in [6.45, 7) is 16.4. The van der Waals surface area contributed by atoms with Crippen molar-refractivity contribution < 1.29 is 24.5 Å². The molecule has 0 radical (unpaired) electrons. The van der Waals surface area contributed by atoms with Gasteiger partial charge in [0.2, 0.25) is 0 Å². The van der Waals surface area contributed by atoms with Gasteiger partial charge in [-0.25, -0.2) is 4.79 Å². The van der Waals surface area contributed by atoms with Crippen LogP contribution in [0.15, 0.2) is 54.7 Å². The number of hydrogen-bond donors (Lipinski definition) is 2. The van der Waals surface area contributed by atoms with Gasteiger partial charge in [-0.15, -0.1) is 0 Å². The second-order valence-electron chi connectivity index (χ2n) is 11.7. The third kappa shape index (κ3) is 9.34. The number of aliphatic hydroxyl groups excluding tert-OH is 2. The summed E-state index contributed by atoms with van der Waals surface area (Å²) in [5.74, 6) is 0.939. The van der Waals surface area contributed by atoms with E-state index in [1.807, 2.05) is 38.1 Å². The molecule has 0 aliphatic rings. The molecule has 7 heteroatoms. The van der Waals surface area contributed by atoms with Crippen molar-refractivity contribution in [3.63, 3.8) is 0 Å². The van der Waals surface area contributed by atoms with E-state index in [0.717, 1.165) is 40.6 Å². The first-order chi connectivity index (χ1) is 17.6. The van der Waals surface area contributed by atoms with E-state index in [2.05, 4.69) is 98.9 Å². The first kappa shape index (κ1) is 32.8. The minimum Gasteiger partial charge on any atom is -0.394 e. The van der Waals surface area contributed by atoms with E-state index in [1.54, 1.807) is 0 Å². The van der Waals surface area contributed by atoms with Crippen LogP contribution in [0.4, 0.5) is 4.79 Å². The average molecular weight is 746 g/mol. The molecule has 5 nitrogen and oxygen atoms in total. The molecule has 2 aromatic carbocycles. The van der Waals surface area contributed by atoms with Gasteiger partial charge >= 0.3 is 6.16 Å². The Morgan fingerprint density at radius 2 is 1.05 bits per heavy atom. The van der Waals surface area contributed by atoms with Crippen molar-refractivity contribution in [3.05, 3.63) is 77.0 Å². The molecule has 0 bridgehead atoms. The summed E-state index contributed by atoms with van der Waals surface area (Å²) >= 11 is 4.54. The molecule has 0 aliphatic carbocycles. The van der Waals surface area contributed by atoms with Crippen LogP contribution in [-0.2, 0) is 23.7 Å². The molecular formula is C31H40I2O5. The smallest absolute Gasteiger partial charge is 0.394 e. The molecule has 0 heterocycles. The van der Waals surface area contributed by atoms with Crippen LogP contribution in [0.5, 0.6) is 11.5 Å². The van der Waals surface area contributed by atoms with Gasteiger partial charge in [-0.3, -0.25) is 0 Å². The number of ether oxygens (including phenoxy) is 2. The van der Waals surface area contributed by atoms with Crippen molar-refractivity contribution in [3.8, 4) is 11.5 Å². The zero-order valence-corrected chi connectivity index (χ0v) is 28.0. The maximum Gasteiger partial charge on any atom is 0.519 e. The lowest BCUT2D eigenvalue weighted by atomic mass is 9.85. The number of hydrogen-bond acceptors (Lipinski definition) is 5. The second kappa shape index (κ2) is 13.8. The van der Waals surface area contributed by atoms with E-state index >= 15 is 0 Å². The minimum absolute atomic E-state index is 0.0349. The SMILES string of the molecule is C/C(CO)=C(/I)Cc1ccc(OC(=O)Oc2ccc(C/C(I)=C(\C)CO)cc2C(C)(C)C)c(C(C)(C)C)c1. The molecule has 0 fully saturated rings. The highest BCUT2D eigenvalue weighted by molar-refractivity contribution is 14.1. The predicted molar refractivity (Wildman–Crippen MR) is 172 cm³/mol. The van der Waals surface area contributed by atoms with Gasteiger partial charge in [0.05, 0.1) is 13.2 Å². The molecule has 2 aromatic rings. The van der Waals surface area contributed by atoms with Gasteiger partial charge in [-0.2, -0.15) is 0 Å². The molecule has 2 N–H and O–H groups in total. The number of halogens is 2. The van der Waals surface area contributed by atoms with Crippen LogP contribution in [0.3, 0.4) is 0 Å². The van der Waals surface area contributed by atoms with Crippen molar-refractivity contribution in [1.82, 2.24) is 0 Å². The van der Waals surface area contributed by atoms with Crippen LogP contribution >= 0.6 is 45.2 Å². The van der Waals surface area contributed by atoms with Crippen LogP contribution in [0.1, 0.15) is 77.6 Å². The van der Waals surface area contributed by atoms with Crippen molar-refractivity contribution in [2.75, 3.05) is 13.2 Å². The zero-order chi connectivity index (χ0) is 28.8. The molecule has 0 atom stereocenters. The Balaban J connectivity index is 2.34. The van der Waals surface area contributed by atoms with Crippen LogP contribution in [0, 0.1) is 0 Å². The Morgan fingerprint density at radius 3 is 1.34 bits per heavy atom. The quantitative estimate of drug-likeness (QED) is 0.162. The molecule has 0 unspecified atom stereocenters. The lowest BCUT2D eigenvalue weighted by Crippen LogP contribution is -2.21. The number of carbonyl (C=O) groups is 1. The fraction of sp³-hybridized carbons (Fsp3) is 0.452. The first-order valence-electron chi connectivity index (χ1n) is 12.6. The molecule has 0 saturated carbocycles. The standard InChI is InChI=1S/C31H40I2O5/c1-19(17-34)25(32)15-21-9-11-27(23(13-21)30(3,4)5)37-29(36)38-28-12-10-22(14-24(28)31(6,7)8)16-26(33)20(2)18-35/h9-14,34-35H,15-18H2,1-8H3/b25-19-,26-20-. The summed E-state index contributed by atoms with van der Waals surface area (Å²) in [5.41, 5.74) is 5.35. The summed E-state index contributed by atoms with van der Waals surface area (Å²) in [4.78, 5) is 13.0. The Hall–Kier alpha value is -1.43. The summed E-state index contributed by atoms with van der Waals surface area (Å²) in [6, 6.07) is 11.7. The van der Waals surface area contributed by atoms with E-state index < -0.39 is 6.16 Å². The number of aliphatic hydroxyl groups is 2. The van der Waals surface area contributed by atoms with Crippen LogP contribution in [0.25, 0.3) is 0 Å². The van der Waals surface area contributed by atoms with Crippen molar-refractivity contribution >= 4 is 51.3 Å². The highest BCUT2D eigenvalue weighted by Gasteiger charge is 2.25. The van der Waals surface area contributed by atoms with Gasteiger partial charge < -0.3 is 19.7 Å². The summed E-state index contributed by atoms with van der Waals surface area (Å²) < 4.78 is 13.7. The van der Waals surface area contributed by atoms with Gasteiger partial charge in [-0.1, -0.05) is 65.8 Å². The molecule has 0 spiro atoms. The maximum absolute atomic E-state index is 13.0. The van der Waals surface area contributed by atoms with Crippen molar-refractivity contribution in [1.29, 1.82) is 0 Å². The van der Waals surface area contributed by atoms with E-state index in [9.17, 15) is 15.0 Å². The number of rotatable bonds is 8. The van der Waals surface area contributed by atoms with Gasteiger partial charge in [0.25, 0.3) is 0 Å². The van der Waals surface area contributed by atoms with Crippen molar-refractivity contribution in [2.45, 2.75) is 79.1 Å². The zero-order valence-electron chi connectivity index (χ0n) is 23.7. The molecule has 38 heavy (non-hydrogen) atoms. The van der Waals surface area contributed by atoms with E-state index in [4.69, 9.17) is 9.47 Å². The monoisotopic (exact) mass is 746 g/mol. The average Bonchev–Trinajstić information content (AvgIpc) is 2.83. The van der Waals surface area contributed by atoms with Gasteiger partial charge in [0.1, 0.15) is 11.5 Å². The molecular weight excluding hydrogens is 706 g/mol. The second-order valence-corrected chi connectivity index (χ2v) is 14.3. The minimum atomic E-state index is -0.780. The first-order valence-corrected chi connectivity index (χ1v) is 14.8. The molecule has 2 rings (SSSR count). The number of allylic oxidation sites excluding steroid dienone is 2.